The topological polar surface area (TPSA) is 98.6 Å². The van der Waals surface area contributed by atoms with Crippen LogP contribution in [0.5, 0.6) is 11.5 Å². The van der Waals surface area contributed by atoms with Crippen molar-refractivity contribution in [3.63, 3.8) is 0 Å². The normalized spacial score (nSPS) is 9.25. The quantitative estimate of drug-likeness (QED) is 0.388. The monoisotopic (exact) mass is 276 g/mol. The van der Waals surface area contributed by atoms with Crippen LogP contribution in [-0.2, 0) is 0 Å². The molecule has 2 aromatic carbocycles. The predicted molar refractivity (Wildman–Crippen MR) is 76.8 cm³/mol. The molecule has 0 fully saturated rings. The minimum Gasteiger partial charge on any atom is -0.506 e. The zero-order valence-electron chi connectivity index (χ0n) is 11.0. The molecule has 0 heterocycles. The Balaban J connectivity index is 0.000000217. The smallest absolute Gasteiger partial charge is 0.310 e. The number of nitrogens with two attached hydrogens (primary N) is 1. The maximum absolute atomic E-state index is 10.4. The van der Waals surface area contributed by atoms with Crippen LogP contribution in [0.15, 0.2) is 48.5 Å². The number of anilines is 1. The average Bonchev–Trinajstić information content (AvgIpc) is 2.44. The lowest BCUT2D eigenvalue weighted by Gasteiger charge is -2.01. The van der Waals surface area contributed by atoms with Gasteiger partial charge in [0, 0.05) is 6.07 Å². The van der Waals surface area contributed by atoms with E-state index < -0.39 is 4.92 Å². The zero-order valence-corrected chi connectivity index (χ0v) is 11.0. The molecule has 0 bridgehead atoms. The Labute approximate surface area is 116 Å². The third-order valence-electron chi connectivity index (χ3n) is 2.30. The van der Waals surface area contributed by atoms with Crippen LogP contribution in [0.4, 0.5) is 11.4 Å². The molecule has 0 aromatic heterocycles. The summed E-state index contributed by atoms with van der Waals surface area (Å²) < 4.78 is 5.06. The van der Waals surface area contributed by atoms with Crippen molar-refractivity contribution in [1.82, 2.24) is 0 Å². The number of ether oxygens (including phenoxy) is 1. The lowest BCUT2D eigenvalue weighted by atomic mass is 10.3. The summed E-state index contributed by atoms with van der Waals surface area (Å²) in [5.41, 5.74) is 5.71. The summed E-state index contributed by atoms with van der Waals surface area (Å²) in [5.74, 6) is 0.470. The van der Waals surface area contributed by atoms with Crippen molar-refractivity contribution in [2.75, 3.05) is 12.3 Å². The van der Waals surface area contributed by atoms with E-state index in [-0.39, 0.29) is 11.4 Å². The van der Waals surface area contributed by atoms with Crippen LogP contribution in [0.3, 0.4) is 0 Å². The van der Waals surface area contributed by atoms with Crippen LogP contribution in [-0.4, -0.2) is 16.6 Å². The molecule has 0 aliphatic heterocycles. The molecule has 0 unspecified atom stereocenters. The molecule has 106 valence electrons. The van der Waals surface area contributed by atoms with Crippen molar-refractivity contribution >= 4 is 11.4 Å². The lowest BCUT2D eigenvalue weighted by Crippen LogP contribution is -1.96. The summed E-state index contributed by atoms with van der Waals surface area (Å²) in [7, 11) is 0. The fraction of sp³-hybridized carbons (Fsp3) is 0.143. The molecule has 0 amide bonds. The van der Waals surface area contributed by atoms with E-state index in [0.29, 0.717) is 18.0 Å². The van der Waals surface area contributed by atoms with Gasteiger partial charge in [-0.25, -0.2) is 0 Å². The van der Waals surface area contributed by atoms with Gasteiger partial charge in [-0.1, -0.05) is 24.3 Å². The predicted octanol–water partition coefficient (Wildman–Crippen LogP) is 2.97. The summed E-state index contributed by atoms with van der Waals surface area (Å²) in [5, 5.41) is 19.2. The summed E-state index contributed by atoms with van der Waals surface area (Å²) in [6.07, 6.45) is 0. The van der Waals surface area contributed by atoms with Gasteiger partial charge in [0.25, 0.3) is 0 Å². The van der Waals surface area contributed by atoms with Crippen molar-refractivity contribution < 1.29 is 14.8 Å². The number of hydrogen-bond donors (Lipinski definition) is 2. The van der Waals surface area contributed by atoms with Crippen molar-refractivity contribution in [1.29, 1.82) is 0 Å². The number of hydrogen-bond acceptors (Lipinski definition) is 5. The molecule has 0 spiro atoms. The number of aromatic hydroxyl groups is 1. The highest BCUT2D eigenvalue weighted by Crippen LogP contribution is 2.25. The van der Waals surface area contributed by atoms with Crippen LogP contribution < -0.4 is 10.5 Å². The van der Waals surface area contributed by atoms with Crippen LogP contribution >= 0.6 is 0 Å². The average molecular weight is 276 g/mol. The number of nitrogens with zero attached hydrogens (tertiary/aromatic N) is 1. The molecule has 0 saturated heterocycles. The van der Waals surface area contributed by atoms with E-state index in [0.717, 1.165) is 0 Å². The van der Waals surface area contributed by atoms with Gasteiger partial charge >= 0.3 is 5.69 Å². The molecule has 0 aliphatic carbocycles. The Morgan fingerprint density at radius 1 is 1.20 bits per heavy atom. The van der Waals surface area contributed by atoms with Crippen molar-refractivity contribution in [2.45, 2.75) is 6.92 Å². The van der Waals surface area contributed by atoms with E-state index in [9.17, 15) is 10.1 Å². The molecule has 0 atom stereocenters. The van der Waals surface area contributed by atoms with Crippen LogP contribution in [0, 0.1) is 10.1 Å². The summed E-state index contributed by atoms with van der Waals surface area (Å²) in [4.78, 5) is 9.97. The molecule has 2 rings (SSSR count). The van der Waals surface area contributed by atoms with E-state index in [1.165, 1.54) is 6.07 Å². The van der Waals surface area contributed by atoms with Gasteiger partial charge in [0.2, 0.25) is 0 Å². The van der Waals surface area contributed by atoms with Crippen molar-refractivity contribution in [3.05, 3.63) is 58.6 Å². The highest BCUT2D eigenvalue weighted by molar-refractivity contribution is 5.50. The number of rotatable bonds is 3. The molecule has 6 nitrogen and oxygen atoms in total. The van der Waals surface area contributed by atoms with Gasteiger partial charge in [0.1, 0.15) is 5.75 Å². The molecule has 6 heteroatoms. The Kier molecular flexibility index (Phi) is 5.83. The zero-order chi connectivity index (χ0) is 15.0. The number of nitrogen functional groups attached to an aromatic ring is 1. The Morgan fingerprint density at radius 3 is 2.30 bits per heavy atom. The number of benzene rings is 2. The number of phenols is 1. The van der Waals surface area contributed by atoms with Gasteiger partial charge in [0.15, 0.2) is 5.75 Å². The van der Waals surface area contributed by atoms with Gasteiger partial charge in [-0.15, -0.1) is 0 Å². The fourth-order valence-corrected chi connectivity index (χ4v) is 1.37. The molecular formula is C14H16N2O4. The minimum atomic E-state index is -0.453. The van der Waals surface area contributed by atoms with E-state index in [1.807, 2.05) is 0 Å². The maximum atomic E-state index is 10.4. The molecule has 2 aromatic rings. The standard InChI is InChI=1S/C8H9NO3.C6H7NO/c1-2-12-8-6-4-3-5-7(8)9(10)11;7-5-3-1-2-4-6(5)8/h3-6H,2H2,1H3;1-4,8H,7H2. The van der Waals surface area contributed by atoms with Crippen molar-refractivity contribution in [3.8, 4) is 11.5 Å². The Morgan fingerprint density at radius 2 is 1.80 bits per heavy atom. The second kappa shape index (κ2) is 7.63. The number of nitro benzene ring substituents is 1. The highest BCUT2D eigenvalue weighted by Gasteiger charge is 2.12. The molecular weight excluding hydrogens is 260 g/mol. The highest BCUT2D eigenvalue weighted by atomic mass is 16.6. The van der Waals surface area contributed by atoms with Crippen LogP contribution in [0.1, 0.15) is 6.92 Å². The van der Waals surface area contributed by atoms with Crippen LogP contribution in [0.25, 0.3) is 0 Å². The maximum Gasteiger partial charge on any atom is 0.310 e. The first-order valence-electron chi connectivity index (χ1n) is 5.96. The molecule has 0 saturated carbocycles. The largest absolute Gasteiger partial charge is 0.506 e. The first-order chi connectivity index (χ1) is 9.56. The number of phenolic OH excluding ortho intramolecular Hbond substituents is 1. The Bertz CT molecular complexity index is 552. The van der Waals surface area contributed by atoms with Gasteiger partial charge in [-0.2, -0.15) is 0 Å². The van der Waals surface area contributed by atoms with Gasteiger partial charge in [-0.05, 0) is 25.1 Å². The number of nitro groups is 1. The third-order valence-corrected chi connectivity index (χ3v) is 2.30. The van der Waals surface area contributed by atoms with E-state index in [1.54, 1.807) is 49.4 Å². The van der Waals surface area contributed by atoms with Gasteiger partial charge in [0.05, 0.1) is 17.2 Å². The summed E-state index contributed by atoms with van der Waals surface area (Å²) in [6.45, 7) is 2.22. The second-order valence-electron chi connectivity index (χ2n) is 3.72. The van der Waals surface area contributed by atoms with E-state index in [2.05, 4.69) is 0 Å². The Hall–Kier alpha value is -2.76. The molecule has 20 heavy (non-hydrogen) atoms. The minimum absolute atomic E-state index is 0.0133. The number of para-hydroxylation sites is 4. The fourth-order valence-electron chi connectivity index (χ4n) is 1.37. The van der Waals surface area contributed by atoms with E-state index in [4.69, 9.17) is 15.6 Å². The van der Waals surface area contributed by atoms with Gasteiger partial charge < -0.3 is 15.6 Å². The first kappa shape index (κ1) is 15.3. The second-order valence-corrected chi connectivity index (χ2v) is 3.72. The van der Waals surface area contributed by atoms with E-state index >= 15 is 0 Å². The summed E-state index contributed by atoms with van der Waals surface area (Å²) in [6, 6.07) is 13.0. The SMILES string of the molecule is CCOc1ccccc1[N+](=O)[O-].Nc1ccccc1O. The molecule has 0 radical (unpaired) electrons. The van der Waals surface area contributed by atoms with Gasteiger partial charge in [-0.3, -0.25) is 10.1 Å². The molecule has 3 N–H and O–H groups in total. The van der Waals surface area contributed by atoms with Crippen LogP contribution in [0.2, 0.25) is 0 Å². The third kappa shape index (κ3) is 4.49. The lowest BCUT2D eigenvalue weighted by molar-refractivity contribution is -0.385. The molecule has 0 aliphatic rings. The van der Waals surface area contributed by atoms with Crippen molar-refractivity contribution in [2.24, 2.45) is 0 Å². The summed E-state index contributed by atoms with van der Waals surface area (Å²) >= 11 is 0. The first-order valence-corrected chi connectivity index (χ1v) is 5.96.